The minimum Gasteiger partial charge on any atom is -0.497 e. The zero-order valence-corrected chi connectivity index (χ0v) is 9.78. The Labute approximate surface area is 97.0 Å². The van der Waals surface area contributed by atoms with E-state index in [2.05, 4.69) is 17.4 Å². The number of benzene rings is 1. The van der Waals surface area contributed by atoms with E-state index in [0.717, 1.165) is 18.2 Å². The zero-order valence-electron chi connectivity index (χ0n) is 9.78. The van der Waals surface area contributed by atoms with E-state index in [-0.39, 0.29) is 0 Å². The quantitative estimate of drug-likeness (QED) is 0.767. The van der Waals surface area contributed by atoms with E-state index in [9.17, 15) is 0 Å². The molecule has 0 bridgehead atoms. The molecule has 1 aromatic carbocycles. The fourth-order valence-corrected chi connectivity index (χ4v) is 2.04. The summed E-state index contributed by atoms with van der Waals surface area (Å²) in [5, 5.41) is 3.52. The van der Waals surface area contributed by atoms with Gasteiger partial charge in [-0.05, 0) is 36.5 Å². The molecule has 0 aliphatic heterocycles. The first-order valence-electron chi connectivity index (χ1n) is 5.92. The van der Waals surface area contributed by atoms with Crippen molar-refractivity contribution in [3.05, 3.63) is 29.8 Å². The molecule has 1 saturated carbocycles. The number of hydrogen-bond acceptors (Lipinski definition) is 3. The second kappa shape index (κ2) is 5.32. The number of hydrogen-bond donors (Lipinski definition) is 2. The molecule has 3 nitrogen and oxygen atoms in total. The van der Waals surface area contributed by atoms with Crippen LogP contribution >= 0.6 is 0 Å². The van der Waals surface area contributed by atoms with Gasteiger partial charge in [-0.15, -0.1) is 0 Å². The third-order valence-electron chi connectivity index (χ3n) is 3.08. The average molecular weight is 220 g/mol. The van der Waals surface area contributed by atoms with Crippen molar-refractivity contribution in [3.63, 3.8) is 0 Å². The molecule has 0 heterocycles. The van der Waals surface area contributed by atoms with Crippen molar-refractivity contribution in [1.82, 2.24) is 5.32 Å². The molecule has 88 valence electrons. The van der Waals surface area contributed by atoms with Gasteiger partial charge < -0.3 is 15.8 Å². The molecule has 1 unspecified atom stereocenters. The maximum atomic E-state index is 5.54. The number of methoxy groups -OCH3 is 1. The molecule has 1 aromatic rings. The Bertz CT molecular complexity index is 319. The van der Waals surface area contributed by atoms with Crippen molar-refractivity contribution in [3.8, 4) is 5.75 Å². The van der Waals surface area contributed by atoms with Crippen LogP contribution in [0.25, 0.3) is 0 Å². The highest BCUT2D eigenvalue weighted by atomic mass is 16.5. The van der Waals surface area contributed by atoms with Crippen LogP contribution in [-0.2, 0) is 0 Å². The molecule has 3 N–H and O–H groups in total. The fourth-order valence-electron chi connectivity index (χ4n) is 2.04. The Morgan fingerprint density at radius 1 is 1.38 bits per heavy atom. The smallest absolute Gasteiger partial charge is 0.118 e. The van der Waals surface area contributed by atoms with Crippen LogP contribution in [0.1, 0.15) is 24.4 Å². The lowest BCUT2D eigenvalue weighted by Crippen LogP contribution is -2.28. The minimum absolute atomic E-state index is 0.467. The van der Waals surface area contributed by atoms with Gasteiger partial charge in [0.2, 0.25) is 0 Å². The molecule has 0 aromatic heterocycles. The Kier molecular flexibility index (Phi) is 3.80. The van der Waals surface area contributed by atoms with Crippen LogP contribution in [0.5, 0.6) is 5.75 Å². The summed E-state index contributed by atoms with van der Waals surface area (Å²) in [7, 11) is 1.69. The molecule has 2 rings (SSSR count). The highest BCUT2D eigenvalue weighted by Crippen LogP contribution is 2.41. The van der Waals surface area contributed by atoms with Crippen molar-refractivity contribution in [2.45, 2.75) is 18.9 Å². The highest BCUT2D eigenvalue weighted by molar-refractivity contribution is 5.30. The number of ether oxygens (including phenoxy) is 1. The van der Waals surface area contributed by atoms with E-state index in [0.29, 0.717) is 12.6 Å². The third-order valence-corrected chi connectivity index (χ3v) is 3.08. The van der Waals surface area contributed by atoms with Gasteiger partial charge in [0.15, 0.2) is 0 Å². The van der Waals surface area contributed by atoms with Crippen LogP contribution in [0.3, 0.4) is 0 Å². The van der Waals surface area contributed by atoms with Gasteiger partial charge in [-0.3, -0.25) is 0 Å². The second-order valence-corrected chi connectivity index (χ2v) is 4.33. The lowest BCUT2D eigenvalue weighted by atomic mass is 10.0. The first-order chi connectivity index (χ1) is 7.85. The number of nitrogens with one attached hydrogen (secondary N) is 1. The van der Waals surface area contributed by atoms with Gasteiger partial charge in [0.1, 0.15) is 5.75 Å². The van der Waals surface area contributed by atoms with E-state index in [1.165, 1.54) is 18.4 Å². The van der Waals surface area contributed by atoms with Gasteiger partial charge in [0.25, 0.3) is 0 Å². The molecule has 16 heavy (non-hydrogen) atoms. The van der Waals surface area contributed by atoms with Crippen LogP contribution in [0, 0.1) is 5.92 Å². The first-order valence-corrected chi connectivity index (χ1v) is 5.92. The van der Waals surface area contributed by atoms with Gasteiger partial charge in [-0.2, -0.15) is 0 Å². The number of rotatable bonds is 6. The normalized spacial score (nSPS) is 17.1. The molecule has 0 saturated heterocycles. The second-order valence-electron chi connectivity index (χ2n) is 4.33. The van der Waals surface area contributed by atoms with Crippen LogP contribution in [-0.4, -0.2) is 20.2 Å². The largest absolute Gasteiger partial charge is 0.497 e. The van der Waals surface area contributed by atoms with Crippen LogP contribution in [0.4, 0.5) is 0 Å². The van der Waals surface area contributed by atoms with E-state index >= 15 is 0 Å². The van der Waals surface area contributed by atoms with Gasteiger partial charge in [-0.1, -0.05) is 12.1 Å². The van der Waals surface area contributed by atoms with E-state index in [1.807, 2.05) is 12.1 Å². The van der Waals surface area contributed by atoms with Gasteiger partial charge >= 0.3 is 0 Å². The van der Waals surface area contributed by atoms with Gasteiger partial charge in [-0.25, -0.2) is 0 Å². The van der Waals surface area contributed by atoms with Crippen molar-refractivity contribution < 1.29 is 4.74 Å². The molecule has 0 radical (unpaired) electrons. The molecular weight excluding hydrogens is 200 g/mol. The van der Waals surface area contributed by atoms with Crippen molar-refractivity contribution in [1.29, 1.82) is 0 Å². The molecule has 1 aliphatic carbocycles. The monoisotopic (exact) mass is 220 g/mol. The Hall–Kier alpha value is -1.06. The first kappa shape index (κ1) is 11.4. The molecule has 0 amide bonds. The third kappa shape index (κ3) is 2.74. The summed E-state index contributed by atoms with van der Waals surface area (Å²) in [6, 6.07) is 8.80. The molecular formula is C13H20N2O. The van der Waals surface area contributed by atoms with Gasteiger partial charge in [0.05, 0.1) is 7.11 Å². The minimum atomic E-state index is 0.467. The Morgan fingerprint density at radius 2 is 2.06 bits per heavy atom. The number of nitrogens with two attached hydrogens (primary N) is 1. The summed E-state index contributed by atoms with van der Waals surface area (Å²) in [5.41, 5.74) is 6.88. The SMILES string of the molecule is COc1ccc(C(NCCN)C2CC2)cc1. The maximum absolute atomic E-state index is 5.54. The van der Waals surface area contributed by atoms with E-state index in [4.69, 9.17) is 10.5 Å². The molecule has 1 aliphatic rings. The predicted octanol–water partition coefficient (Wildman–Crippen LogP) is 1.69. The molecule has 1 atom stereocenters. The lowest BCUT2D eigenvalue weighted by Gasteiger charge is -2.18. The summed E-state index contributed by atoms with van der Waals surface area (Å²) >= 11 is 0. The summed E-state index contributed by atoms with van der Waals surface area (Å²) < 4.78 is 5.17. The molecule has 3 heteroatoms. The van der Waals surface area contributed by atoms with Gasteiger partial charge in [0, 0.05) is 19.1 Å². The standard InChI is InChI=1S/C13H20N2O/c1-16-12-6-4-11(5-7-12)13(10-2-3-10)15-9-8-14/h4-7,10,13,15H,2-3,8-9,14H2,1H3. The zero-order chi connectivity index (χ0) is 11.4. The Morgan fingerprint density at radius 3 is 2.56 bits per heavy atom. The topological polar surface area (TPSA) is 47.3 Å². The fraction of sp³-hybridized carbons (Fsp3) is 0.538. The molecule has 0 spiro atoms. The van der Waals surface area contributed by atoms with Crippen LogP contribution in [0.15, 0.2) is 24.3 Å². The molecule has 1 fully saturated rings. The van der Waals surface area contributed by atoms with E-state index < -0.39 is 0 Å². The maximum Gasteiger partial charge on any atom is 0.118 e. The lowest BCUT2D eigenvalue weighted by molar-refractivity contribution is 0.414. The Balaban J connectivity index is 2.05. The van der Waals surface area contributed by atoms with Crippen LogP contribution in [0.2, 0.25) is 0 Å². The van der Waals surface area contributed by atoms with Crippen molar-refractivity contribution >= 4 is 0 Å². The van der Waals surface area contributed by atoms with Crippen LogP contribution < -0.4 is 15.8 Å². The van der Waals surface area contributed by atoms with Crippen molar-refractivity contribution in [2.75, 3.05) is 20.2 Å². The average Bonchev–Trinajstić information content (AvgIpc) is 3.15. The highest BCUT2D eigenvalue weighted by Gasteiger charge is 2.31. The van der Waals surface area contributed by atoms with Crippen molar-refractivity contribution in [2.24, 2.45) is 11.7 Å². The summed E-state index contributed by atoms with van der Waals surface area (Å²) in [6.07, 6.45) is 2.66. The van der Waals surface area contributed by atoms with E-state index in [1.54, 1.807) is 7.11 Å². The summed E-state index contributed by atoms with van der Waals surface area (Å²) in [5.74, 6) is 1.71. The summed E-state index contributed by atoms with van der Waals surface area (Å²) in [6.45, 7) is 1.58. The summed E-state index contributed by atoms with van der Waals surface area (Å²) in [4.78, 5) is 0. The predicted molar refractivity (Wildman–Crippen MR) is 65.5 cm³/mol.